The SMILES string of the molecule is CCN=C=NC(CC)N(C)C.N=C=N. The minimum atomic E-state index is 0.227. The molecule has 5 nitrogen and oxygen atoms in total. The average Bonchev–Trinajstić information content (AvgIpc) is 2.13. The van der Waals surface area contributed by atoms with Gasteiger partial charge in [-0.25, -0.2) is 20.8 Å². The first-order valence-electron chi connectivity index (χ1n) is 4.50. The molecule has 0 fully saturated rings. The highest BCUT2D eigenvalue weighted by atomic mass is 15.2. The number of nitrogens with one attached hydrogen (secondary N) is 2. The van der Waals surface area contributed by atoms with Crippen molar-refractivity contribution in [3.63, 3.8) is 0 Å². The van der Waals surface area contributed by atoms with E-state index in [-0.39, 0.29) is 6.17 Å². The molecule has 0 spiro atoms. The van der Waals surface area contributed by atoms with Gasteiger partial charge in [-0.05, 0) is 27.4 Å². The molecule has 0 bridgehead atoms. The van der Waals surface area contributed by atoms with Crippen LogP contribution in [0.15, 0.2) is 9.98 Å². The molecule has 0 aliphatic carbocycles. The van der Waals surface area contributed by atoms with Crippen LogP contribution < -0.4 is 0 Å². The molecule has 80 valence electrons. The minimum absolute atomic E-state index is 0.227. The van der Waals surface area contributed by atoms with Crippen molar-refractivity contribution in [1.82, 2.24) is 4.90 Å². The smallest absolute Gasteiger partial charge is 0.112 e. The lowest BCUT2D eigenvalue weighted by molar-refractivity contribution is 0.296. The Morgan fingerprint density at radius 1 is 1.29 bits per heavy atom. The number of hydrogen-bond donors (Lipinski definition) is 2. The summed E-state index contributed by atoms with van der Waals surface area (Å²) >= 11 is 0. The van der Waals surface area contributed by atoms with Crippen LogP contribution in [0, 0.1) is 10.8 Å². The molecule has 0 aliphatic rings. The van der Waals surface area contributed by atoms with Gasteiger partial charge in [0.25, 0.3) is 0 Å². The van der Waals surface area contributed by atoms with Gasteiger partial charge in [0.1, 0.15) is 6.17 Å². The first-order valence-corrected chi connectivity index (χ1v) is 4.50. The van der Waals surface area contributed by atoms with Crippen molar-refractivity contribution >= 4 is 12.0 Å². The molecular formula is C9H19N5. The maximum absolute atomic E-state index is 5.62. The molecule has 0 amide bonds. The molecule has 0 aromatic rings. The number of nitrogens with zero attached hydrogens (tertiary/aromatic N) is 3. The maximum atomic E-state index is 5.62. The van der Waals surface area contributed by atoms with Gasteiger partial charge in [-0.1, -0.05) is 6.92 Å². The fraction of sp³-hybridized carbons (Fsp3) is 0.778. The lowest BCUT2D eigenvalue weighted by atomic mass is 10.4. The Kier molecular flexibility index (Phi) is 12.7. The summed E-state index contributed by atoms with van der Waals surface area (Å²) in [4.78, 5) is 10.1. The second kappa shape index (κ2) is 11.7. The molecule has 2 N–H and O–H groups in total. The van der Waals surface area contributed by atoms with Crippen molar-refractivity contribution in [3.8, 4) is 0 Å². The second-order valence-electron chi connectivity index (χ2n) is 2.68. The lowest BCUT2D eigenvalue weighted by Crippen LogP contribution is -2.24. The molecule has 0 radical (unpaired) electrons. The van der Waals surface area contributed by atoms with Gasteiger partial charge in [-0.15, -0.1) is 0 Å². The van der Waals surface area contributed by atoms with E-state index in [4.69, 9.17) is 10.8 Å². The van der Waals surface area contributed by atoms with Gasteiger partial charge in [0.2, 0.25) is 0 Å². The molecule has 0 aromatic carbocycles. The summed E-state index contributed by atoms with van der Waals surface area (Å²) in [6, 6.07) is 3.93. The van der Waals surface area contributed by atoms with Crippen molar-refractivity contribution in [2.24, 2.45) is 9.98 Å². The van der Waals surface area contributed by atoms with Gasteiger partial charge in [-0.2, -0.15) is 0 Å². The molecule has 1 atom stereocenters. The van der Waals surface area contributed by atoms with Crippen LogP contribution in [-0.2, 0) is 0 Å². The van der Waals surface area contributed by atoms with E-state index in [1.165, 1.54) is 6.01 Å². The summed E-state index contributed by atoms with van der Waals surface area (Å²) in [6.07, 6.45) is 1.23. The highest BCUT2D eigenvalue weighted by molar-refractivity contribution is 5.41. The molecule has 0 aromatic heterocycles. The van der Waals surface area contributed by atoms with Crippen LogP contribution >= 0.6 is 0 Å². The van der Waals surface area contributed by atoms with E-state index in [0.717, 1.165) is 13.0 Å². The number of aliphatic imine (C=N–C) groups is 2. The van der Waals surface area contributed by atoms with Crippen LogP contribution in [0.5, 0.6) is 0 Å². The molecule has 0 aliphatic heterocycles. The quantitative estimate of drug-likeness (QED) is 0.662. The maximum Gasteiger partial charge on any atom is 0.112 e. The van der Waals surface area contributed by atoms with E-state index in [1.54, 1.807) is 0 Å². The predicted octanol–water partition coefficient (Wildman–Crippen LogP) is 1.80. The summed E-state index contributed by atoms with van der Waals surface area (Å²) in [5.41, 5.74) is 0. The Bertz CT molecular complexity index is 209. The Hall–Kier alpha value is -1.28. The van der Waals surface area contributed by atoms with E-state index in [2.05, 4.69) is 27.8 Å². The normalized spacial score (nSPS) is 10.4. The monoisotopic (exact) mass is 197 g/mol. The van der Waals surface area contributed by atoms with E-state index in [9.17, 15) is 0 Å². The summed E-state index contributed by atoms with van der Waals surface area (Å²) in [5.74, 6) is 0. The van der Waals surface area contributed by atoms with Crippen molar-refractivity contribution in [2.45, 2.75) is 26.4 Å². The lowest BCUT2D eigenvalue weighted by Gasteiger charge is -2.15. The fourth-order valence-corrected chi connectivity index (χ4v) is 0.750. The van der Waals surface area contributed by atoms with Gasteiger partial charge in [-0.3, -0.25) is 4.90 Å². The third-order valence-corrected chi connectivity index (χ3v) is 1.40. The first-order chi connectivity index (χ1) is 6.63. The van der Waals surface area contributed by atoms with E-state index in [1.807, 2.05) is 21.0 Å². The Balaban J connectivity index is 0. The van der Waals surface area contributed by atoms with Crippen molar-refractivity contribution in [2.75, 3.05) is 20.6 Å². The topological polar surface area (TPSA) is 75.7 Å². The summed E-state index contributed by atoms with van der Waals surface area (Å²) in [7, 11) is 4.01. The van der Waals surface area contributed by atoms with Crippen molar-refractivity contribution in [3.05, 3.63) is 0 Å². The van der Waals surface area contributed by atoms with Gasteiger partial charge in [0.05, 0.1) is 12.0 Å². The van der Waals surface area contributed by atoms with E-state index >= 15 is 0 Å². The minimum Gasteiger partial charge on any atom is -0.287 e. The number of hydrogen-bond acceptors (Lipinski definition) is 5. The third-order valence-electron chi connectivity index (χ3n) is 1.40. The zero-order valence-corrected chi connectivity index (χ0v) is 9.33. The summed E-state index contributed by atoms with van der Waals surface area (Å²) < 4.78 is 0. The first kappa shape index (κ1) is 15.2. The van der Waals surface area contributed by atoms with E-state index in [0.29, 0.717) is 0 Å². The second-order valence-corrected chi connectivity index (χ2v) is 2.68. The van der Waals surface area contributed by atoms with E-state index < -0.39 is 0 Å². The standard InChI is InChI=1S/C8H17N3.CH2N2/c1-5-8(11(3)4)10-7-9-6-2;2-1-3/h8H,5-6H2,1-4H3;2-3H. The van der Waals surface area contributed by atoms with Crippen LogP contribution in [0.2, 0.25) is 0 Å². The van der Waals surface area contributed by atoms with Crippen LogP contribution in [0.1, 0.15) is 20.3 Å². The molecule has 0 heterocycles. The van der Waals surface area contributed by atoms with Crippen molar-refractivity contribution in [1.29, 1.82) is 10.8 Å². The van der Waals surface area contributed by atoms with Gasteiger partial charge in [0.15, 0.2) is 0 Å². The molecule has 0 rings (SSSR count). The van der Waals surface area contributed by atoms with Crippen LogP contribution in [0.4, 0.5) is 0 Å². The van der Waals surface area contributed by atoms with Gasteiger partial charge >= 0.3 is 0 Å². The zero-order valence-electron chi connectivity index (χ0n) is 9.33. The fourth-order valence-electron chi connectivity index (χ4n) is 0.750. The zero-order chi connectivity index (χ0) is 11.4. The van der Waals surface area contributed by atoms with Gasteiger partial charge < -0.3 is 0 Å². The van der Waals surface area contributed by atoms with Crippen molar-refractivity contribution < 1.29 is 0 Å². The molecular weight excluding hydrogens is 178 g/mol. The highest BCUT2D eigenvalue weighted by Crippen LogP contribution is 1.97. The summed E-state index contributed by atoms with van der Waals surface area (Å²) in [5, 5.41) is 11.2. The molecule has 14 heavy (non-hydrogen) atoms. The predicted molar refractivity (Wildman–Crippen MR) is 58.6 cm³/mol. The summed E-state index contributed by atoms with van der Waals surface area (Å²) in [6.45, 7) is 4.83. The highest BCUT2D eigenvalue weighted by Gasteiger charge is 2.03. The largest absolute Gasteiger partial charge is 0.287 e. The Morgan fingerprint density at radius 3 is 2.07 bits per heavy atom. The van der Waals surface area contributed by atoms with Gasteiger partial charge in [0, 0.05) is 6.54 Å². The van der Waals surface area contributed by atoms with Crippen LogP contribution in [0.3, 0.4) is 0 Å². The molecule has 0 saturated heterocycles. The van der Waals surface area contributed by atoms with Crippen LogP contribution in [0.25, 0.3) is 0 Å². The van der Waals surface area contributed by atoms with Crippen LogP contribution in [-0.4, -0.2) is 43.7 Å². The molecule has 5 heteroatoms. The molecule has 1 unspecified atom stereocenters. The number of rotatable bonds is 4. The average molecular weight is 197 g/mol. The molecule has 0 saturated carbocycles. The Labute approximate surface area is 85.6 Å². The third kappa shape index (κ3) is 10.7. The Morgan fingerprint density at radius 2 is 1.79 bits per heavy atom.